The van der Waals surface area contributed by atoms with E-state index in [2.05, 4.69) is 107 Å². The first-order valence-corrected chi connectivity index (χ1v) is 13.0. The quantitative estimate of drug-likeness (QED) is 0.336. The van der Waals surface area contributed by atoms with Crippen LogP contribution in [-0.2, 0) is 5.54 Å². The van der Waals surface area contributed by atoms with Crippen molar-refractivity contribution in [3.8, 4) is 0 Å². The first kappa shape index (κ1) is 17.1. The van der Waals surface area contributed by atoms with Crippen LogP contribution in [0.4, 0.5) is 0 Å². The fourth-order valence-electron chi connectivity index (χ4n) is 3.71. The van der Waals surface area contributed by atoms with Crippen LogP contribution in [0.15, 0.2) is 103 Å². The summed E-state index contributed by atoms with van der Waals surface area (Å²) in [6, 6.07) is 32.3. The number of aromatic nitrogens is 2. The van der Waals surface area contributed by atoms with E-state index < -0.39 is 26.7 Å². The zero-order valence-electron chi connectivity index (χ0n) is 14.7. The Kier molecular flexibility index (Phi) is 4.93. The van der Waals surface area contributed by atoms with Crippen LogP contribution in [0.2, 0.25) is 4.94 Å². The van der Waals surface area contributed by atoms with E-state index in [1.165, 1.54) is 20.5 Å². The molecule has 0 saturated heterocycles. The molecule has 0 fully saturated rings. The Morgan fingerprint density at radius 1 is 0.692 bits per heavy atom. The molecule has 0 aliphatic carbocycles. The van der Waals surface area contributed by atoms with Gasteiger partial charge in [-0.05, 0) is 0 Å². The summed E-state index contributed by atoms with van der Waals surface area (Å²) in [5.74, 6) is 0. The third-order valence-corrected chi connectivity index (χ3v) is 7.13. The fourth-order valence-corrected chi connectivity index (χ4v) is 5.67. The SMILES string of the molecule is [CH3][Sn][c]1nccn1C(c1ccccc1)(c1ccccc1)c1ccccc1. The summed E-state index contributed by atoms with van der Waals surface area (Å²) in [6.07, 6.45) is 4.09. The Hall–Kier alpha value is -2.33. The summed E-state index contributed by atoms with van der Waals surface area (Å²) in [7, 11) is 0. The maximum atomic E-state index is 4.72. The average molecular weight is 443 g/mol. The zero-order chi connectivity index (χ0) is 17.8. The second-order valence-electron chi connectivity index (χ2n) is 6.18. The third kappa shape index (κ3) is 2.78. The van der Waals surface area contributed by atoms with Crippen LogP contribution in [0.1, 0.15) is 16.7 Å². The molecule has 0 saturated carbocycles. The molecule has 0 unspecified atom stereocenters. The van der Waals surface area contributed by atoms with Crippen LogP contribution in [-0.4, -0.2) is 30.7 Å². The molecule has 0 spiro atoms. The van der Waals surface area contributed by atoms with Crippen molar-refractivity contribution >= 4 is 25.0 Å². The second-order valence-corrected chi connectivity index (χ2v) is 8.88. The van der Waals surface area contributed by atoms with Crippen molar-refractivity contribution in [3.63, 3.8) is 0 Å². The van der Waals surface area contributed by atoms with Crippen molar-refractivity contribution in [1.29, 1.82) is 0 Å². The van der Waals surface area contributed by atoms with Gasteiger partial charge >= 0.3 is 165 Å². The molecule has 0 amide bonds. The Morgan fingerprint density at radius 2 is 1.12 bits per heavy atom. The van der Waals surface area contributed by atoms with E-state index in [0.29, 0.717) is 0 Å². The standard InChI is InChI=1S/C22H17N2.CH3.Sn/c1-4-10-19(11-5-1)22(24-17-16-23-18-24,20-12-6-2-7-13-20)21-14-8-3-9-15-21;;/h1-17H;1H3;. The Morgan fingerprint density at radius 3 is 1.50 bits per heavy atom. The molecular weight excluding hydrogens is 423 g/mol. The van der Waals surface area contributed by atoms with Crippen LogP contribution in [0.3, 0.4) is 0 Å². The molecule has 1 aromatic heterocycles. The Balaban J connectivity index is 2.15. The first-order valence-electron chi connectivity index (χ1n) is 8.75. The summed E-state index contributed by atoms with van der Waals surface area (Å²) >= 11 is -0.732. The summed E-state index contributed by atoms with van der Waals surface area (Å²) in [5, 5.41) is 0. The van der Waals surface area contributed by atoms with Gasteiger partial charge in [0.1, 0.15) is 0 Å². The normalized spacial score (nSPS) is 11.4. The summed E-state index contributed by atoms with van der Waals surface area (Å²) in [6.45, 7) is 0. The minimum absolute atomic E-state index is 0.410. The van der Waals surface area contributed by atoms with Gasteiger partial charge in [-0.2, -0.15) is 0 Å². The molecule has 26 heavy (non-hydrogen) atoms. The van der Waals surface area contributed by atoms with E-state index in [-0.39, 0.29) is 0 Å². The molecule has 0 bridgehead atoms. The van der Waals surface area contributed by atoms with Gasteiger partial charge in [-0.1, -0.05) is 0 Å². The van der Waals surface area contributed by atoms with Crippen molar-refractivity contribution in [3.05, 3.63) is 120 Å². The molecule has 0 N–H and O–H groups in total. The zero-order valence-corrected chi connectivity index (χ0v) is 17.6. The van der Waals surface area contributed by atoms with Gasteiger partial charge in [0.05, 0.1) is 0 Å². The maximum absolute atomic E-state index is 4.72. The fraction of sp³-hybridized carbons (Fsp3) is 0.0870. The predicted molar refractivity (Wildman–Crippen MR) is 108 cm³/mol. The Labute approximate surface area is 164 Å². The topological polar surface area (TPSA) is 17.8 Å². The van der Waals surface area contributed by atoms with Gasteiger partial charge in [-0.25, -0.2) is 0 Å². The molecule has 1 heterocycles. The number of benzene rings is 3. The van der Waals surface area contributed by atoms with E-state index in [9.17, 15) is 0 Å². The average Bonchev–Trinajstić information content (AvgIpc) is 3.20. The van der Waals surface area contributed by atoms with Gasteiger partial charge in [-0.3, -0.25) is 0 Å². The number of rotatable bonds is 5. The molecule has 2 radical (unpaired) electrons. The molecular formula is C23H20N2Sn. The molecule has 2 nitrogen and oxygen atoms in total. The number of hydrogen-bond donors (Lipinski definition) is 0. The number of nitrogens with zero attached hydrogens (tertiary/aromatic N) is 2. The summed E-state index contributed by atoms with van der Waals surface area (Å²) in [4.78, 5) is 7.04. The number of hydrogen-bond acceptors (Lipinski definition) is 1. The minimum atomic E-state index is -0.732. The van der Waals surface area contributed by atoms with Crippen molar-refractivity contribution in [2.24, 2.45) is 0 Å². The molecule has 3 heteroatoms. The van der Waals surface area contributed by atoms with Gasteiger partial charge in [0.15, 0.2) is 0 Å². The van der Waals surface area contributed by atoms with Gasteiger partial charge in [0, 0.05) is 0 Å². The predicted octanol–water partition coefficient (Wildman–Crippen LogP) is 4.10. The van der Waals surface area contributed by atoms with Gasteiger partial charge < -0.3 is 0 Å². The molecule has 0 atom stereocenters. The Bertz CT molecular complexity index is 866. The van der Waals surface area contributed by atoms with Crippen molar-refractivity contribution in [2.75, 3.05) is 0 Å². The van der Waals surface area contributed by atoms with Gasteiger partial charge in [0.2, 0.25) is 0 Å². The van der Waals surface area contributed by atoms with Gasteiger partial charge in [0.25, 0.3) is 0 Å². The molecule has 4 rings (SSSR count). The van der Waals surface area contributed by atoms with Crippen molar-refractivity contribution < 1.29 is 0 Å². The van der Waals surface area contributed by atoms with Gasteiger partial charge in [-0.15, -0.1) is 0 Å². The number of imidazole rings is 1. The van der Waals surface area contributed by atoms with E-state index in [1.54, 1.807) is 0 Å². The van der Waals surface area contributed by atoms with Crippen molar-refractivity contribution in [1.82, 2.24) is 9.55 Å². The molecule has 0 aliphatic heterocycles. The second kappa shape index (κ2) is 7.50. The molecule has 3 aromatic carbocycles. The van der Waals surface area contributed by atoms with E-state index in [4.69, 9.17) is 4.98 Å². The summed E-state index contributed by atoms with van der Waals surface area (Å²) < 4.78 is 3.64. The van der Waals surface area contributed by atoms with E-state index in [1.807, 2.05) is 6.20 Å². The monoisotopic (exact) mass is 444 g/mol. The van der Waals surface area contributed by atoms with Crippen molar-refractivity contribution in [2.45, 2.75) is 10.5 Å². The van der Waals surface area contributed by atoms with Crippen LogP contribution in [0, 0.1) is 0 Å². The van der Waals surface area contributed by atoms with E-state index in [0.717, 1.165) is 0 Å². The molecule has 4 aromatic rings. The third-order valence-electron chi connectivity index (χ3n) is 4.80. The van der Waals surface area contributed by atoms with Crippen LogP contribution < -0.4 is 3.84 Å². The van der Waals surface area contributed by atoms with Crippen LogP contribution in [0.25, 0.3) is 0 Å². The van der Waals surface area contributed by atoms with Crippen LogP contribution >= 0.6 is 0 Å². The van der Waals surface area contributed by atoms with E-state index >= 15 is 0 Å². The first-order chi connectivity index (χ1) is 12.9. The molecule has 126 valence electrons. The van der Waals surface area contributed by atoms with Crippen LogP contribution in [0.5, 0.6) is 0 Å². The molecule has 0 aliphatic rings. The summed E-state index contributed by atoms with van der Waals surface area (Å²) in [5.41, 5.74) is 3.35.